The number of hydrogen-bond donors (Lipinski definition) is 3. The zero-order valence-corrected chi connectivity index (χ0v) is 25.4. The summed E-state index contributed by atoms with van der Waals surface area (Å²) >= 11 is 0. The summed E-state index contributed by atoms with van der Waals surface area (Å²) in [6.07, 6.45) is 4.48. The van der Waals surface area contributed by atoms with E-state index >= 15 is 0 Å². The Bertz CT molecular complexity index is 1550. The van der Waals surface area contributed by atoms with Gasteiger partial charge in [0, 0.05) is 35.7 Å². The predicted octanol–water partition coefficient (Wildman–Crippen LogP) is 5.76. The minimum atomic E-state index is -0.870. The van der Waals surface area contributed by atoms with E-state index in [1.54, 1.807) is 12.5 Å². The Morgan fingerprint density at radius 2 is 1.42 bits per heavy atom. The highest BCUT2D eigenvalue weighted by molar-refractivity contribution is 8.76. The van der Waals surface area contributed by atoms with Gasteiger partial charge < -0.3 is 20.1 Å². The number of aromatic nitrogens is 2. The van der Waals surface area contributed by atoms with Crippen LogP contribution in [0, 0.1) is 5.92 Å². The van der Waals surface area contributed by atoms with Crippen LogP contribution in [0.25, 0.3) is 21.5 Å². The molecule has 0 aliphatic carbocycles. The van der Waals surface area contributed by atoms with Gasteiger partial charge >= 0.3 is 5.97 Å². The molecule has 1 amide bonds. The maximum Gasteiger partial charge on any atom is 0.329 e. The zero-order chi connectivity index (χ0) is 29.9. The number of nitrogens with one attached hydrogen (secondary N) is 2. The molecular weight excluding hydrogens is 579 g/mol. The molecule has 1 atom stereocenters. The smallest absolute Gasteiger partial charge is 0.329 e. The Kier molecular flexibility index (Phi) is 11.1. The van der Waals surface area contributed by atoms with Gasteiger partial charge in [-0.1, -0.05) is 107 Å². The molecule has 3 N–H and O–H groups in total. The van der Waals surface area contributed by atoms with Gasteiger partial charge in [-0.2, -0.15) is 0 Å². The Labute approximate surface area is 259 Å². The number of aromatic amines is 1. The molecule has 0 unspecified atom stereocenters. The first kappa shape index (κ1) is 30.7. The van der Waals surface area contributed by atoms with E-state index in [0.29, 0.717) is 24.3 Å². The maximum absolute atomic E-state index is 14.1. The lowest BCUT2D eigenvalue weighted by molar-refractivity contribution is -0.147. The Morgan fingerprint density at radius 3 is 2.02 bits per heavy atom. The topological polar surface area (TPSA) is 104 Å². The second kappa shape index (κ2) is 15.6. The standard InChI is InChI=1S/C34H35N3O4S2/c38-15-17-42-43-18-16-41-34(40)32(21-29-22-35-23-36-29)37-33(39)28(19-26-11-5-9-24-7-1-3-13-30(24)26)20-27-12-6-10-25-8-2-4-14-31(25)27/h1-14,22-23,28,32,38H,15-21H2,(H,35,36)(H,37,39)/t32-/m0/s1. The van der Waals surface area contributed by atoms with Crippen molar-refractivity contribution in [2.45, 2.75) is 25.3 Å². The normalized spacial score (nSPS) is 12.0. The van der Waals surface area contributed by atoms with Crippen molar-refractivity contribution in [2.24, 2.45) is 5.92 Å². The number of imidazole rings is 1. The first-order chi connectivity index (χ1) is 21.1. The fourth-order valence-electron chi connectivity index (χ4n) is 5.26. The van der Waals surface area contributed by atoms with Crippen LogP contribution in [0.4, 0.5) is 0 Å². The molecule has 0 fully saturated rings. The summed E-state index contributed by atoms with van der Waals surface area (Å²) < 4.78 is 5.58. The molecule has 43 heavy (non-hydrogen) atoms. The molecule has 1 aromatic heterocycles. The molecule has 222 valence electrons. The molecule has 0 radical (unpaired) electrons. The first-order valence-corrected chi connectivity index (χ1v) is 16.8. The third kappa shape index (κ3) is 8.40. The van der Waals surface area contributed by atoms with Crippen LogP contribution >= 0.6 is 21.6 Å². The van der Waals surface area contributed by atoms with Crippen LogP contribution in [0.3, 0.4) is 0 Å². The average molecular weight is 614 g/mol. The summed E-state index contributed by atoms with van der Waals surface area (Å²) in [6.45, 7) is 0.321. The molecule has 4 aromatic carbocycles. The molecule has 0 spiro atoms. The summed E-state index contributed by atoms with van der Waals surface area (Å²) in [5, 5.41) is 16.5. The average Bonchev–Trinajstić information content (AvgIpc) is 3.55. The number of carbonyl (C=O) groups excluding carboxylic acids is 2. The van der Waals surface area contributed by atoms with Crippen LogP contribution in [-0.2, 0) is 33.6 Å². The first-order valence-electron chi connectivity index (χ1n) is 14.3. The van der Waals surface area contributed by atoms with E-state index in [-0.39, 0.29) is 25.5 Å². The van der Waals surface area contributed by atoms with Gasteiger partial charge in [0.15, 0.2) is 0 Å². The molecule has 5 aromatic rings. The van der Waals surface area contributed by atoms with Gasteiger partial charge in [0.25, 0.3) is 0 Å². The van der Waals surface area contributed by atoms with Crippen molar-refractivity contribution in [3.8, 4) is 0 Å². The molecule has 1 heterocycles. The molecule has 9 heteroatoms. The number of ether oxygens (including phenoxy) is 1. The molecule has 0 aliphatic heterocycles. The number of H-pyrrole nitrogens is 1. The second-order valence-electron chi connectivity index (χ2n) is 10.3. The van der Waals surface area contributed by atoms with E-state index in [4.69, 9.17) is 9.84 Å². The maximum atomic E-state index is 14.1. The van der Waals surface area contributed by atoms with Crippen molar-refractivity contribution in [1.82, 2.24) is 15.3 Å². The van der Waals surface area contributed by atoms with Gasteiger partial charge in [0.2, 0.25) is 5.91 Å². The number of aliphatic hydroxyl groups is 1. The van der Waals surface area contributed by atoms with E-state index in [1.165, 1.54) is 21.6 Å². The van der Waals surface area contributed by atoms with Gasteiger partial charge in [-0.05, 0) is 45.5 Å². The lowest BCUT2D eigenvalue weighted by atomic mass is 9.87. The Hall–Kier alpha value is -3.79. The van der Waals surface area contributed by atoms with Gasteiger partial charge in [-0.3, -0.25) is 4.79 Å². The number of aliphatic hydroxyl groups excluding tert-OH is 1. The molecule has 0 aliphatic rings. The highest BCUT2D eigenvalue weighted by Gasteiger charge is 2.28. The van der Waals surface area contributed by atoms with E-state index < -0.39 is 17.9 Å². The monoisotopic (exact) mass is 613 g/mol. The number of amides is 1. The van der Waals surface area contributed by atoms with Crippen LogP contribution < -0.4 is 5.32 Å². The minimum absolute atomic E-state index is 0.106. The van der Waals surface area contributed by atoms with Crippen LogP contribution in [0.15, 0.2) is 97.5 Å². The third-order valence-electron chi connectivity index (χ3n) is 7.31. The van der Waals surface area contributed by atoms with E-state index in [0.717, 1.165) is 38.4 Å². The molecule has 0 bridgehead atoms. The van der Waals surface area contributed by atoms with Crippen LogP contribution in [0.1, 0.15) is 16.8 Å². The van der Waals surface area contributed by atoms with Crippen LogP contribution in [0.2, 0.25) is 0 Å². The summed E-state index contributed by atoms with van der Waals surface area (Å²) in [5.41, 5.74) is 2.90. The fraction of sp³-hybridized carbons (Fsp3) is 0.265. The largest absolute Gasteiger partial charge is 0.463 e. The third-order valence-corrected chi connectivity index (χ3v) is 9.66. The number of rotatable bonds is 15. The highest BCUT2D eigenvalue weighted by Crippen LogP contribution is 2.26. The van der Waals surface area contributed by atoms with Crippen LogP contribution in [0.5, 0.6) is 0 Å². The SMILES string of the molecule is O=C(N[C@@H](Cc1cnc[nH]1)C(=O)OCCSSCCO)C(Cc1cccc2ccccc12)Cc1cccc2ccccc12. The number of nitrogens with zero attached hydrogens (tertiary/aromatic N) is 1. The van der Waals surface area contributed by atoms with Gasteiger partial charge in [0.1, 0.15) is 12.6 Å². The van der Waals surface area contributed by atoms with Crippen molar-refractivity contribution in [3.63, 3.8) is 0 Å². The highest BCUT2D eigenvalue weighted by atomic mass is 33.1. The molecule has 0 saturated carbocycles. The Morgan fingerprint density at radius 1 is 0.814 bits per heavy atom. The van der Waals surface area contributed by atoms with Crippen molar-refractivity contribution in [2.75, 3.05) is 24.7 Å². The van der Waals surface area contributed by atoms with E-state index in [1.807, 2.05) is 36.4 Å². The van der Waals surface area contributed by atoms with E-state index in [2.05, 4.69) is 63.8 Å². The fourth-order valence-corrected chi connectivity index (χ4v) is 6.86. The lowest BCUT2D eigenvalue weighted by Gasteiger charge is -2.23. The van der Waals surface area contributed by atoms with Crippen molar-refractivity contribution < 1.29 is 19.4 Å². The quantitative estimate of drug-likeness (QED) is 0.0783. The molecule has 0 saturated heterocycles. The van der Waals surface area contributed by atoms with E-state index in [9.17, 15) is 9.59 Å². The molecule has 5 rings (SSSR count). The van der Waals surface area contributed by atoms with Gasteiger partial charge in [-0.25, -0.2) is 9.78 Å². The van der Waals surface area contributed by atoms with Crippen molar-refractivity contribution in [1.29, 1.82) is 0 Å². The zero-order valence-electron chi connectivity index (χ0n) is 23.8. The van der Waals surface area contributed by atoms with Crippen LogP contribution in [-0.4, -0.2) is 57.7 Å². The number of esters is 1. The predicted molar refractivity (Wildman–Crippen MR) is 176 cm³/mol. The summed E-state index contributed by atoms with van der Waals surface area (Å²) in [4.78, 5) is 34.5. The second-order valence-corrected chi connectivity index (χ2v) is 13.0. The summed E-state index contributed by atoms with van der Waals surface area (Å²) in [6, 6.07) is 27.9. The number of fused-ring (bicyclic) bond motifs is 2. The molecular formula is C34H35N3O4S2. The number of hydrogen-bond acceptors (Lipinski definition) is 7. The lowest BCUT2D eigenvalue weighted by Crippen LogP contribution is -2.46. The van der Waals surface area contributed by atoms with Crippen molar-refractivity contribution >= 4 is 55.0 Å². The Balaban J connectivity index is 1.39. The minimum Gasteiger partial charge on any atom is -0.463 e. The van der Waals surface area contributed by atoms with Gasteiger partial charge in [-0.15, -0.1) is 0 Å². The van der Waals surface area contributed by atoms with Gasteiger partial charge in [0.05, 0.1) is 12.9 Å². The summed E-state index contributed by atoms with van der Waals surface area (Å²) in [5.74, 6) is 0.0942. The number of carbonyl (C=O) groups is 2. The molecule has 7 nitrogen and oxygen atoms in total. The number of benzene rings is 4. The van der Waals surface area contributed by atoms with Crippen molar-refractivity contribution in [3.05, 3.63) is 114 Å². The summed E-state index contributed by atoms with van der Waals surface area (Å²) in [7, 11) is 3.06.